The Kier molecular flexibility index (Phi) is 5.46. The molecule has 0 saturated heterocycles. The number of halogens is 2. The molecule has 0 unspecified atom stereocenters. The van der Waals surface area contributed by atoms with E-state index >= 15 is 0 Å². The van der Waals surface area contributed by atoms with Crippen LogP contribution >= 0.6 is 11.6 Å². The molecule has 0 spiro atoms. The molecule has 1 rings (SSSR count). The molecule has 18 heavy (non-hydrogen) atoms. The normalized spacial score (nSPS) is 10.9. The topological polar surface area (TPSA) is 61.6 Å². The fraction of sp³-hybridized carbons (Fsp3) is 0.455. The predicted octanol–water partition coefficient (Wildman–Crippen LogP) is 3.46. The van der Waals surface area contributed by atoms with E-state index in [1.54, 1.807) is 13.8 Å². The fourth-order valence-corrected chi connectivity index (χ4v) is 1.59. The second-order valence-corrected chi connectivity index (χ2v) is 3.73. The van der Waals surface area contributed by atoms with Crippen LogP contribution in [0.25, 0.3) is 0 Å². The van der Waals surface area contributed by atoms with Crippen LogP contribution < -0.4 is 0 Å². The lowest BCUT2D eigenvalue weighted by molar-refractivity contribution is -0.387. The van der Waals surface area contributed by atoms with Crippen molar-refractivity contribution >= 4 is 17.3 Å². The van der Waals surface area contributed by atoms with Gasteiger partial charge in [0.1, 0.15) is 5.82 Å². The van der Waals surface area contributed by atoms with Crippen molar-refractivity contribution in [2.75, 3.05) is 13.2 Å². The van der Waals surface area contributed by atoms with Gasteiger partial charge in [-0.15, -0.1) is 0 Å². The first-order valence-electron chi connectivity index (χ1n) is 5.37. The standard InChI is InChI=1S/C11H13ClFNO4/c1-3-17-11(18-4-2)7-5-9(13)8(12)6-10(7)14(15)16/h5-6,11H,3-4H2,1-2H3. The minimum atomic E-state index is -0.979. The Labute approximate surface area is 109 Å². The number of benzene rings is 1. The number of hydrogen-bond donors (Lipinski definition) is 0. The first-order valence-corrected chi connectivity index (χ1v) is 5.75. The highest BCUT2D eigenvalue weighted by Gasteiger charge is 2.25. The van der Waals surface area contributed by atoms with Gasteiger partial charge in [-0.1, -0.05) is 11.6 Å². The molecule has 0 saturated carbocycles. The largest absolute Gasteiger partial charge is 0.348 e. The maximum absolute atomic E-state index is 13.4. The van der Waals surface area contributed by atoms with Gasteiger partial charge in [0.15, 0.2) is 6.29 Å². The van der Waals surface area contributed by atoms with Crippen LogP contribution in [0.3, 0.4) is 0 Å². The van der Waals surface area contributed by atoms with Gasteiger partial charge >= 0.3 is 0 Å². The van der Waals surface area contributed by atoms with E-state index in [0.29, 0.717) is 0 Å². The Balaban J connectivity index is 3.25. The summed E-state index contributed by atoms with van der Waals surface area (Å²) >= 11 is 5.53. The van der Waals surface area contributed by atoms with E-state index in [4.69, 9.17) is 21.1 Å². The summed E-state index contributed by atoms with van der Waals surface area (Å²) < 4.78 is 23.8. The Morgan fingerprint density at radius 1 is 1.39 bits per heavy atom. The lowest BCUT2D eigenvalue weighted by atomic mass is 10.1. The smallest absolute Gasteiger partial charge is 0.279 e. The van der Waals surface area contributed by atoms with Crippen LogP contribution in [0.1, 0.15) is 25.7 Å². The molecule has 0 radical (unpaired) electrons. The first-order chi connectivity index (χ1) is 8.51. The van der Waals surface area contributed by atoms with Crippen molar-refractivity contribution < 1.29 is 18.8 Å². The Morgan fingerprint density at radius 2 is 1.94 bits per heavy atom. The van der Waals surface area contributed by atoms with Gasteiger partial charge in [-0.25, -0.2) is 4.39 Å². The third-order valence-electron chi connectivity index (χ3n) is 2.16. The van der Waals surface area contributed by atoms with Crippen molar-refractivity contribution in [3.05, 3.63) is 38.7 Å². The second-order valence-electron chi connectivity index (χ2n) is 3.32. The number of hydrogen-bond acceptors (Lipinski definition) is 4. The average Bonchev–Trinajstić information content (AvgIpc) is 2.31. The second kappa shape index (κ2) is 6.63. The average molecular weight is 278 g/mol. The van der Waals surface area contributed by atoms with E-state index in [-0.39, 0.29) is 29.5 Å². The van der Waals surface area contributed by atoms with Crippen LogP contribution in [-0.4, -0.2) is 18.1 Å². The SMILES string of the molecule is CCOC(OCC)c1cc(F)c(Cl)cc1[N+](=O)[O-]. The highest BCUT2D eigenvalue weighted by atomic mass is 35.5. The van der Waals surface area contributed by atoms with E-state index in [9.17, 15) is 14.5 Å². The van der Waals surface area contributed by atoms with Crippen LogP contribution in [-0.2, 0) is 9.47 Å². The summed E-state index contributed by atoms with van der Waals surface area (Å²) in [6.45, 7) is 3.99. The van der Waals surface area contributed by atoms with Crippen molar-refractivity contribution in [2.45, 2.75) is 20.1 Å². The number of nitro benzene ring substituents is 1. The predicted molar refractivity (Wildman–Crippen MR) is 64.1 cm³/mol. The van der Waals surface area contributed by atoms with Crippen LogP contribution in [0.15, 0.2) is 12.1 Å². The molecule has 0 heterocycles. The third-order valence-corrected chi connectivity index (χ3v) is 2.45. The molecule has 0 bridgehead atoms. The number of nitro groups is 1. The van der Waals surface area contributed by atoms with E-state index in [0.717, 1.165) is 12.1 Å². The Hall–Kier alpha value is -1.24. The van der Waals surface area contributed by atoms with Crippen molar-refractivity contribution in [1.82, 2.24) is 0 Å². The first kappa shape index (κ1) is 14.8. The molecule has 0 aliphatic carbocycles. The van der Waals surface area contributed by atoms with Crippen molar-refractivity contribution in [3.63, 3.8) is 0 Å². The van der Waals surface area contributed by atoms with Gasteiger partial charge in [0.05, 0.1) is 15.5 Å². The summed E-state index contributed by atoms with van der Waals surface area (Å²) in [5.74, 6) is -0.748. The molecular formula is C11H13ClFNO4. The lowest BCUT2D eigenvalue weighted by Crippen LogP contribution is -2.11. The molecule has 0 aliphatic rings. The molecule has 1 aromatic carbocycles. The van der Waals surface area contributed by atoms with Gasteiger partial charge in [-0.3, -0.25) is 10.1 Å². The van der Waals surface area contributed by atoms with Gasteiger partial charge in [-0.2, -0.15) is 0 Å². The molecule has 0 aliphatic heterocycles. The van der Waals surface area contributed by atoms with Crippen LogP contribution in [0.2, 0.25) is 5.02 Å². The van der Waals surface area contributed by atoms with E-state index in [1.807, 2.05) is 0 Å². The minimum Gasteiger partial charge on any atom is -0.348 e. The lowest BCUT2D eigenvalue weighted by Gasteiger charge is -2.17. The molecular weight excluding hydrogens is 265 g/mol. The summed E-state index contributed by atoms with van der Waals surface area (Å²) in [6, 6.07) is 1.92. The maximum atomic E-state index is 13.4. The number of nitrogens with zero attached hydrogens (tertiary/aromatic N) is 1. The number of ether oxygens (including phenoxy) is 2. The highest BCUT2D eigenvalue weighted by molar-refractivity contribution is 6.31. The fourth-order valence-electron chi connectivity index (χ4n) is 1.43. The van der Waals surface area contributed by atoms with Gasteiger partial charge in [0.25, 0.3) is 5.69 Å². The summed E-state index contributed by atoms with van der Waals surface area (Å²) in [5.41, 5.74) is -0.307. The molecule has 1 aromatic rings. The highest BCUT2D eigenvalue weighted by Crippen LogP contribution is 2.32. The van der Waals surface area contributed by atoms with Gasteiger partial charge in [-0.05, 0) is 19.9 Å². The van der Waals surface area contributed by atoms with E-state index in [1.165, 1.54) is 0 Å². The zero-order valence-electron chi connectivity index (χ0n) is 9.98. The quantitative estimate of drug-likeness (QED) is 0.454. The minimum absolute atomic E-state index is 0.0191. The molecule has 0 fully saturated rings. The van der Waals surface area contributed by atoms with Crippen molar-refractivity contribution in [1.29, 1.82) is 0 Å². The maximum Gasteiger partial charge on any atom is 0.279 e. The van der Waals surface area contributed by atoms with Crippen molar-refractivity contribution in [2.24, 2.45) is 0 Å². The molecule has 5 nitrogen and oxygen atoms in total. The zero-order chi connectivity index (χ0) is 13.7. The monoisotopic (exact) mass is 277 g/mol. The summed E-state index contributed by atoms with van der Waals surface area (Å²) in [6.07, 6.45) is -0.979. The van der Waals surface area contributed by atoms with Crippen molar-refractivity contribution in [3.8, 4) is 0 Å². The molecule has 0 atom stereocenters. The number of rotatable bonds is 6. The van der Waals surface area contributed by atoms with Gasteiger partial charge in [0.2, 0.25) is 0 Å². The molecule has 0 amide bonds. The molecule has 0 N–H and O–H groups in total. The molecule has 0 aromatic heterocycles. The Morgan fingerprint density at radius 3 is 2.39 bits per heavy atom. The van der Waals surface area contributed by atoms with Crippen LogP contribution in [0.4, 0.5) is 10.1 Å². The van der Waals surface area contributed by atoms with Crippen LogP contribution in [0, 0.1) is 15.9 Å². The van der Waals surface area contributed by atoms with Gasteiger partial charge < -0.3 is 9.47 Å². The van der Waals surface area contributed by atoms with E-state index in [2.05, 4.69) is 0 Å². The molecule has 7 heteroatoms. The molecule has 100 valence electrons. The summed E-state index contributed by atoms with van der Waals surface area (Å²) in [5, 5.41) is 10.6. The Bertz CT molecular complexity index is 435. The van der Waals surface area contributed by atoms with Crippen LogP contribution in [0.5, 0.6) is 0 Å². The van der Waals surface area contributed by atoms with Gasteiger partial charge in [0, 0.05) is 19.3 Å². The third kappa shape index (κ3) is 3.38. The van der Waals surface area contributed by atoms with E-state index < -0.39 is 17.0 Å². The summed E-state index contributed by atoms with van der Waals surface area (Å²) in [7, 11) is 0. The zero-order valence-corrected chi connectivity index (χ0v) is 10.7. The summed E-state index contributed by atoms with van der Waals surface area (Å²) in [4.78, 5) is 10.3.